The molecule has 0 spiro atoms. The van der Waals surface area contributed by atoms with Gasteiger partial charge in [-0.2, -0.15) is 0 Å². The molecule has 1 saturated heterocycles. The van der Waals surface area contributed by atoms with Gasteiger partial charge in [0.2, 0.25) is 0 Å². The number of hydrogen-bond donors (Lipinski definition) is 1. The molecule has 0 radical (unpaired) electrons. The fourth-order valence-electron chi connectivity index (χ4n) is 2.36. The first-order chi connectivity index (χ1) is 8.55. The van der Waals surface area contributed by atoms with Crippen molar-refractivity contribution < 1.29 is 5.11 Å². The minimum absolute atomic E-state index is 0.131. The second kappa shape index (κ2) is 5.57. The first-order valence-corrected chi connectivity index (χ1v) is 7.72. The molecule has 102 valence electrons. The second-order valence-electron chi connectivity index (χ2n) is 5.93. The molecule has 2 rings (SSSR count). The number of aliphatic hydroxyl groups excluding tert-OH is 1. The van der Waals surface area contributed by atoms with Crippen LogP contribution < -0.4 is 4.90 Å². The minimum atomic E-state index is 0.131. The lowest BCUT2D eigenvalue weighted by Crippen LogP contribution is -2.37. The van der Waals surface area contributed by atoms with Crippen molar-refractivity contribution in [2.75, 3.05) is 18.0 Å². The lowest BCUT2D eigenvalue weighted by Gasteiger charge is -2.36. The van der Waals surface area contributed by atoms with Crippen LogP contribution in [0.1, 0.15) is 50.6 Å². The van der Waals surface area contributed by atoms with E-state index in [-0.39, 0.29) is 6.61 Å². The highest BCUT2D eigenvalue weighted by Crippen LogP contribution is 2.35. The molecule has 18 heavy (non-hydrogen) atoms. The van der Waals surface area contributed by atoms with E-state index in [1.807, 2.05) is 0 Å². The Labute approximate surface area is 114 Å². The number of piperidine rings is 1. The molecule has 0 unspecified atom stereocenters. The standard InChI is InChI=1S/C14H24N2OS/c1-4-5-11-12(10-17)18-13(15-11)16-8-6-14(2,3)7-9-16/h17H,4-10H2,1-3H3. The molecule has 2 heterocycles. The molecule has 1 aliphatic rings. The Morgan fingerprint density at radius 2 is 2.00 bits per heavy atom. The Balaban J connectivity index is 2.09. The quantitative estimate of drug-likeness (QED) is 0.911. The number of thiazole rings is 1. The Morgan fingerprint density at radius 1 is 1.33 bits per heavy atom. The molecule has 1 aliphatic heterocycles. The first kappa shape index (κ1) is 13.8. The Bertz CT molecular complexity index is 390. The van der Waals surface area contributed by atoms with Gasteiger partial charge in [0.05, 0.1) is 17.2 Å². The Hall–Kier alpha value is -0.610. The van der Waals surface area contributed by atoms with E-state index >= 15 is 0 Å². The highest BCUT2D eigenvalue weighted by atomic mass is 32.1. The minimum Gasteiger partial charge on any atom is -0.391 e. The molecule has 3 nitrogen and oxygen atoms in total. The van der Waals surface area contributed by atoms with Crippen LogP contribution in [-0.4, -0.2) is 23.2 Å². The summed E-state index contributed by atoms with van der Waals surface area (Å²) in [6.45, 7) is 9.16. The molecule has 0 saturated carbocycles. The van der Waals surface area contributed by atoms with Gasteiger partial charge in [-0.15, -0.1) is 0 Å². The van der Waals surface area contributed by atoms with Gasteiger partial charge in [0.1, 0.15) is 0 Å². The van der Waals surface area contributed by atoms with Gasteiger partial charge in [-0.1, -0.05) is 38.5 Å². The van der Waals surface area contributed by atoms with E-state index in [0.29, 0.717) is 5.41 Å². The fourth-order valence-corrected chi connectivity index (χ4v) is 3.38. The third-order valence-corrected chi connectivity index (χ3v) is 4.93. The zero-order valence-electron chi connectivity index (χ0n) is 11.7. The molecule has 1 fully saturated rings. The molecule has 0 aromatic carbocycles. The predicted octanol–water partition coefficient (Wildman–Crippen LogP) is 3.21. The van der Waals surface area contributed by atoms with Crippen LogP contribution >= 0.6 is 11.3 Å². The number of anilines is 1. The van der Waals surface area contributed by atoms with Gasteiger partial charge in [0, 0.05) is 13.1 Å². The van der Waals surface area contributed by atoms with Gasteiger partial charge in [0.25, 0.3) is 0 Å². The van der Waals surface area contributed by atoms with Crippen LogP contribution in [0, 0.1) is 5.41 Å². The Kier molecular flexibility index (Phi) is 4.28. The maximum Gasteiger partial charge on any atom is 0.185 e. The van der Waals surface area contributed by atoms with E-state index < -0.39 is 0 Å². The lowest BCUT2D eigenvalue weighted by atomic mass is 9.83. The van der Waals surface area contributed by atoms with Crippen LogP contribution in [0.5, 0.6) is 0 Å². The fraction of sp³-hybridized carbons (Fsp3) is 0.786. The van der Waals surface area contributed by atoms with Crippen molar-refractivity contribution in [1.82, 2.24) is 4.98 Å². The largest absolute Gasteiger partial charge is 0.391 e. The number of hydrogen-bond acceptors (Lipinski definition) is 4. The van der Waals surface area contributed by atoms with Crippen LogP contribution in [0.25, 0.3) is 0 Å². The summed E-state index contributed by atoms with van der Waals surface area (Å²) >= 11 is 1.67. The summed E-state index contributed by atoms with van der Waals surface area (Å²) in [5.41, 5.74) is 1.57. The van der Waals surface area contributed by atoms with E-state index in [9.17, 15) is 5.11 Å². The van der Waals surface area contributed by atoms with E-state index in [1.54, 1.807) is 11.3 Å². The average molecular weight is 268 g/mol. The van der Waals surface area contributed by atoms with Crippen molar-refractivity contribution in [1.29, 1.82) is 0 Å². The predicted molar refractivity (Wildman–Crippen MR) is 77.3 cm³/mol. The van der Waals surface area contributed by atoms with E-state index in [4.69, 9.17) is 4.98 Å². The molecule has 4 heteroatoms. The van der Waals surface area contributed by atoms with Gasteiger partial charge in [-0.05, 0) is 24.7 Å². The third kappa shape index (κ3) is 3.04. The number of aliphatic hydroxyl groups is 1. The third-order valence-electron chi connectivity index (χ3n) is 3.78. The molecule has 0 amide bonds. The summed E-state index contributed by atoms with van der Waals surface area (Å²) in [5, 5.41) is 10.5. The monoisotopic (exact) mass is 268 g/mol. The number of aryl methyl sites for hydroxylation is 1. The molecule has 1 aromatic rings. The molecular weight excluding hydrogens is 244 g/mol. The molecule has 0 aliphatic carbocycles. The summed E-state index contributed by atoms with van der Waals surface area (Å²) in [7, 11) is 0. The number of rotatable bonds is 4. The Morgan fingerprint density at radius 3 is 2.56 bits per heavy atom. The lowest BCUT2D eigenvalue weighted by molar-refractivity contribution is 0.279. The van der Waals surface area contributed by atoms with Crippen LogP contribution in [0.3, 0.4) is 0 Å². The maximum absolute atomic E-state index is 9.39. The van der Waals surface area contributed by atoms with Crippen LogP contribution in [0.2, 0.25) is 0 Å². The van der Waals surface area contributed by atoms with E-state index in [0.717, 1.165) is 41.6 Å². The van der Waals surface area contributed by atoms with Gasteiger partial charge >= 0.3 is 0 Å². The van der Waals surface area contributed by atoms with E-state index in [2.05, 4.69) is 25.7 Å². The number of aromatic nitrogens is 1. The molecule has 0 bridgehead atoms. The van der Waals surface area contributed by atoms with Gasteiger partial charge in [-0.3, -0.25) is 0 Å². The van der Waals surface area contributed by atoms with Crippen LogP contribution in [0.4, 0.5) is 5.13 Å². The summed E-state index contributed by atoms with van der Waals surface area (Å²) in [6.07, 6.45) is 4.52. The topological polar surface area (TPSA) is 36.4 Å². The SMILES string of the molecule is CCCc1nc(N2CCC(C)(C)CC2)sc1CO. The molecule has 1 aromatic heterocycles. The summed E-state index contributed by atoms with van der Waals surface area (Å²) < 4.78 is 0. The van der Waals surface area contributed by atoms with Crippen molar-refractivity contribution >= 4 is 16.5 Å². The van der Waals surface area contributed by atoms with Crippen LogP contribution in [-0.2, 0) is 13.0 Å². The summed E-state index contributed by atoms with van der Waals surface area (Å²) in [5.74, 6) is 0. The average Bonchev–Trinajstić information content (AvgIpc) is 2.73. The zero-order chi connectivity index (χ0) is 13.2. The first-order valence-electron chi connectivity index (χ1n) is 6.90. The maximum atomic E-state index is 9.39. The van der Waals surface area contributed by atoms with Gasteiger partial charge in [0.15, 0.2) is 5.13 Å². The second-order valence-corrected chi connectivity index (χ2v) is 6.99. The molecular formula is C14H24N2OS. The normalized spacial score (nSPS) is 19.2. The van der Waals surface area contributed by atoms with Crippen molar-refractivity contribution in [3.8, 4) is 0 Å². The molecule has 0 atom stereocenters. The van der Waals surface area contributed by atoms with Gasteiger partial charge in [-0.25, -0.2) is 4.98 Å². The van der Waals surface area contributed by atoms with Gasteiger partial charge < -0.3 is 10.0 Å². The van der Waals surface area contributed by atoms with Crippen molar-refractivity contribution in [2.45, 2.75) is 53.1 Å². The number of nitrogens with zero attached hydrogens (tertiary/aromatic N) is 2. The highest BCUT2D eigenvalue weighted by Gasteiger charge is 2.27. The summed E-state index contributed by atoms with van der Waals surface area (Å²) in [6, 6.07) is 0. The molecule has 1 N–H and O–H groups in total. The summed E-state index contributed by atoms with van der Waals surface area (Å²) in [4.78, 5) is 8.16. The van der Waals surface area contributed by atoms with E-state index in [1.165, 1.54) is 12.8 Å². The van der Waals surface area contributed by atoms with Crippen LogP contribution in [0.15, 0.2) is 0 Å². The zero-order valence-corrected chi connectivity index (χ0v) is 12.5. The smallest absolute Gasteiger partial charge is 0.185 e. The highest BCUT2D eigenvalue weighted by molar-refractivity contribution is 7.15. The van der Waals surface area contributed by atoms with Crippen molar-refractivity contribution in [3.63, 3.8) is 0 Å². The van der Waals surface area contributed by atoms with Crippen molar-refractivity contribution in [2.24, 2.45) is 5.41 Å². The van der Waals surface area contributed by atoms with Crippen molar-refractivity contribution in [3.05, 3.63) is 10.6 Å².